The molecule has 8 heteroatoms. The van der Waals surface area contributed by atoms with Crippen LogP contribution >= 0.6 is 11.3 Å². The Labute approximate surface area is 186 Å². The van der Waals surface area contributed by atoms with Crippen molar-refractivity contribution in [3.63, 3.8) is 0 Å². The lowest BCUT2D eigenvalue weighted by Crippen LogP contribution is -2.13. The summed E-state index contributed by atoms with van der Waals surface area (Å²) in [5, 5.41) is 6.29. The second kappa shape index (κ2) is 8.44. The van der Waals surface area contributed by atoms with E-state index in [1.165, 1.54) is 17.5 Å². The van der Waals surface area contributed by atoms with Gasteiger partial charge in [-0.1, -0.05) is 18.2 Å². The van der Waals surface area contributed by atoms with Crippen LogP contribution in [0.3, 0.4) is 0 Å². The van der Waals surface area contributed by atoms with Crippen molar-refractivity contribution in [3.8, 4) is 10.8 Å². The van der Waals surface area contributed by atoms with E-state index in [0.29, 0.717) is 27.7 Å². The van der Waals surface area contributed by atoms with E-state index in [1.807, 2.05) is 24.3 Å². The Morgan fingerprint density at radius 1 is 0.844 bits per heavy atom. The Morgan fingerprint density at radius 2 is 1.66 bits per heavy atom. The molecule has 2 aromatic carbocycles. The zero-order valence-electron chi connectivity index (χ0n) is 16.6. The normalized spacial score (nSPS) is 10.8. The summed E-state index contributed by atoms with van der Waals surface area (Å²) in [6.45, 7) is 0. The maximum Gasteiger partial charge on any atom is 0.291 e. The fourth-order valence-corrected chi connectivity index (χ4v) is 4.05. The summed E-state index contributed by atoms with van der Waals surface area (Å²) < 4.78 is 6.80. The molecule has 5 aromatic rings. The molecular weight excluding hydrogens is 424 g/mol. The predicted molar refractivity (Wildman–Crippen MR) is 124 cm³/mol. The summed E-state index contributed by atoms with van der Waals surface area (Å²) in [4.78, 5) is 33.5. The summed E-state index contributed by atoms with van der Waals surface area (Å²) in [5.41, 5.74) is 2.41. The van der Waals surface area contributed by atoms with Gasteiger partial charge in [0, 0.05) is 23.8 Å². The fraction of sp³-hybridized carbons (Fsp3) is 0. The largest absolute Gasteiger partial charge is 0.448 e. The molecule has 0 aliphatic carbocycles. The van der Waals surface area contributed by atoms with E-state index in [9.17, 15) is 9.59 Å². The molecule has 3 heterocycles. The summed E-state index contributed by atoms with van der Waals surface area (Å²) in [6, 6.07) is 21.4. The zero-order valence-corrected chi connectivity index (χ0v) is 17.4. The fourth-order valence-electron chi connectivity index (χ4n) is 3.12. The van der Waals surface area contributed by atoms with Crippen LogP contribution in [-0.2, 0) is 0 Å². The van der Waals surface area contributed by atoms with E-state index in [4.69, 9.17) is 4.42 Å². The quantitative estimate of drug-likeness (QED) is 0.378. The Bertz CT molecular complexity index is 1390. The number of anilines is 2. The van der Waals surface area contributed by atoms with Gasteiger partial charge in [0.15, 0.2) is 16.5 Å². The summed E-state index contributed by atoms with van der Waals surface area (Å²) in [5.74, 6) is 0.0269. The molecule has 0 radical (unpaired) electrons. The third-order valence-electron chi connectivity index (χ3n) is 4.64. The third kappa shape index (κ3) is 4.12. The highest BCUT2D eigenvalue weighted by molar-refractivity contribution is 7.21. The SMILES string of the molecule is O=C(Nc1cccc(NC(=O)c2ccc(-c3nc4ccccc4s3)o2)c1)c1cccnc1. The molecule has 2 amide bonds. The third-order valence-corrected chi connectivity index (χ3v) is 5.69. The number of hydrogen-bond acceptors (Lipinski definition) is 6. The van der Waals surface area contributed by atoms with Crippen molar-refractivity contribution in [2.24, 2.45) is 0 Å². The topological polar surface area (TPSA) is 97.1 Å². The minimum atomic E-state index is -0.395. The number of para-hydroxylation sites is 1. The Hall–Kier alpha value is -4.30. The van der Waals surface area contributed by atoms with Crippen LogP contribution in [0.5, 0.6) is 0 Å². The number of thiazole rings is 1. The molecule has 0 fully saturated rings. The van der Waals surface area contributed by atoms with Crippen LogP contribution < -0.4 is 10.6 Å². The number of pyridine rings is 1. The maximum atomic E-state index is 12.7. The summed E-state index contributed by atoms with van der Waals surface area (Å²) >= 11 is 1.50. The second-order valence-electron chi connectivity index (χ2n) is 6.88. The highest BCUT2D eigenvalue weighted by atomic mass is 32.1. The van der Waals surface area contributed by atoms with Crippen LogP contribution in [0.15, 0.2) is 89.6 Å². The maximum absolute atomic E-state index is 12.7. The van der Waals surface area contributed by atoms with E-state index in [2.05, 4.69) is 20.6 Å². The van der Waals surface area contributed by atoms with Gasteiger partial charge in [0.2, 0.25) is 0 Å². The van der Waals surface area contributed by atoms with E-state index >= 15 is 0 Å². The van der Waals surface area contributed by atoms with Gasteiger partial charge in [-0.25, -0.2) is 4.98 Å². The molecule has 0 spiro atoms. The van der Waals surface area contributed by atoms with Gasteiger partial charge in [-0.2, -0.15) is 0 Å². The van der Waals surface area contributed by atoms with Crippen molar-refractivity contribution < 1.29 is 14.0 Å². The monoisotopic (exact) mass is 440 g/mol. The molecule has 7 nitrogen and oxygen atoms in total. The van der Waals surface area contributed by atoms with Crippen LogP contribution in [0, 0.1) is 0 Å². The predicted octanol–water partition coefficient (Wildman–Crippen LogP) is 5.46. The van der Waals surface area contributed by atoms with Crippen LogP contribution in [0.1, 0.15) is 20.9 Å². The Kier molecular flexibility index (Phi) is 5.19. The number of furan rings is 1. The lowest BCUT2D eigenvalue weighted by Gasteiger charge is -2.08. The summed E-state index contributed by atoms with van der Waals surface area (Å²) in [7, 11) is 0. The first kappa shape index (κ1) is 19.7. The van der Waals surface area contributed by atoms with Crippen LogP contribution in [0.2, 0.25) is 0 Å². The number of amides is 2. The van der Waals surface area contributed by atoms with E-state index in [-0.39, 0.29) is 11.7 Å². The molecule has 0 aliphatic rings. The van der Waals surface area contributed by atoms with Gasteiger partial charge in [0.1, 0.15) is 0 Å². The van der Waals surface area contributed by atoms with Gasteiger partial charge in [0.05, 0.1) is 15.8 Å². The number of carbonyl (C=O) groups excluding carboxylic acids is 2. The zero-order chi connectivity index (χ0) is 21.9. The molecule has 0 atom stereocenters. The Balaban J connectivity index is 1.29. The van der Waals surface area contributed by atoms with Crippen molar-refractivity contribution in [1.29, 1.82) is 0 Å². The average molecular weight is 440 g/mol. The molecule has 0 bridgehead atoms. The Morgan fingerprint density at radius 3 is 2.44 bits per heavy atom. The summed E-state index contributed by atoms with van der Waals surface area (Å²) in [6.07, 6.45) is 3.09. The number of nitrogens with zero attached hydrogens (tertiary/aromatic N) is 2. The van der Waals surface area contributed by atoms with Crippen molar-refractivity contribution >= 4 is 44.7 Å². The number of hydrogen-bond donors (Lipinski definition) is 2. The highest BCUT2D eigenvalue weighted by Gasteiger charge is 2.15. The van der Waals surface area contributed by atoms with Crippen LogP contribution in [-0.4, -0.2) is 21.8 Å². The number of fused-ring (bicyclic) bond motifs is 1. The molecule has 156 valence electrons. The molecule has 0 unspecified atom stereocenters. The van der Waals surface area contributed by atoms with Crippen molar-refractivity contribution in [1.82, 2.24) is 9.97 Å². The minimum Gasteiger partial charge on any atom is -0.448 e. The van der Waals surface area contributed by atoms with Crippen molar-refractivity contribution in [2.45, 2.75) is 0 Å². The molecule has 2 N–H and O–H groups in total. The lowest BCUT2D eigenvalue weighted by molar-refractivity contribution is 0.0995. The number of benzene rings is 2. The van der Waals surface area contributed by atoms with E-state index in [0.717, 1.165) is 10.2 Å². The van der Waals surface area contributed by atoms with Gasteiger partial charge in [-0.15, -0.1) is 11.3 Å². The van der Waals surface area contributed by atoms with Crippen LogP contribution in [0.25, 0.3) is 21.0 Å². The van der Waals surface area contributed by atoms with E-state index in [1.54, 1.807) is 54.7 Å². The first-order valence-corrected chi connectivity index (χ1v) is 10.6. The second-order valence-corrected chi connectivity index (χ2v) is 7.91. The van der Waals surface area contributed by atoms with Gasteiger partial charge in [-0.3, -0.25) is 14.6 Å². The molecule has 32 heavy (non-hydrogen) atoms. The van der Waals surface area contributed by atoms with Crippen LogP contribution in [0.4, 0.5) is 11.4 Å². The lowest BCUT2D eigenvalue weighted by atomic mass is 10.2. The molecule has 3 aromatic heterocycles. The molecule has 0 aliphatic heterocycles. The standard InChI is InChI=1S/C24H16N4O3S/c29-22(15-5-4-12-25-14-15)26-16-6-3-7-17(13-16)27-23(30)19-10-11-20(31-19)24-28-18-8-1-2-9-21(18)32-24/h1-14H,(H,26,29)(H,27,30). The number of carbonyl (C=O) groups is 2. The van der Waals surface area contributed by atoms with Crippen molar-refractivity contribution in [3.05, 3.63) is 96.5 Å². The first-order chi connectivity index (χ1) is 15.7. The molecular formula is C24H16N4O3S. The number of rotatable bonds is 5. The molecule has 0 saturated heterocycles. The first-order valence-electron chi connectivity index (χ1n) is 9.74. The number of nitrogens with one attached hydrogen (secondary N) is 2. The van der Waals surface area contributed by atoms with E-state index < -0.39 is 5.91 Å². The minimum absolute atomic E-state index is 0.170. The average Bonchev–Trinajstić information content (AvgIpc) is 3.47. The smallest absolute Gasteiger partial charge is 0.291 e. The van der Waals surface area contributed by atoms with Gasteiger partial charge < -0.3 is 15.1 Å². The number of aromatic nitrogens is 2. The molecule has 5 rings (SSSR count). The van der Waals surface area contributed by atoms with Gasteiger partial charge >= 0.3 is 0 Å². The highest BCUT2D eigenvalue weighted by Crippen LogP contribution is 2.31. The molecule has 0 saturated carbocycles. The van der Waals surface area contributed by atoms with Gasteiger partial charge in [-0.05, 0) is 54.6 Å². The van der Waals surface area contributed by atoms with Crippen molar-refractivity contribution in [2.75, 3.05) is 10.6 Å². The van der Waals surface area contributed by atoms with Gasteiger partial charge in [0.25, 0.3) is 11.8 Å².